The average molecular weight is 302 g/mol. The van der Waals surface area contributed by atoms with Crippen LogP contribution in [0, 0.1) is 12.8 Å². The average Bonchev–Trinajstić information content (AvgIpc) is 3.13. The Morgan fingerprint density at radius 2 is 2.18 bits per heavy atom. The van der Waals surface area contributed by atoms with Gasteiger partial charge in [0.25, 0.3) is 0 Å². The van der Waals surface area contributed by atoms with Gasteiger partial charge in [-0.15, -0.1) is 0 Å². The van der Waals surface area contributed by atoms with Crippen molar-refractivity contribution >= 4 is 0 Å². The number of aryl methyl sites for hydroxylation is 1. The topological polar surface area (TPSA) is 48.3 Å². The molecule has 2 aromatic rings. The number of aromatic nitrogens is 2. The zero-order chi connectivity index (χ0) is 15.4. The molecule has 120 valence electrons. The molecule has 1 aliphatic heterocycles. The van der Waals surface area contributed by atoms with Gasteiger partial charge in [0.2, 0.25) is 0 Å². The third kappa shape index (κ3) is 4.21. The highest BCUT2D eigenvalue weighted by Gasteiger charge is 2.21. The first-order valence-corrected chi connectivity index (χ1v) is 8.12. The standard InChI is InChI=1S/C17H26N4O/c1-14-3-4-17(22-14)12-21-7-5-15(6-8-21)10-20(2)11-16-9-18-13-19-16/h3-4,9,13,15H,5-8,10-12H2,1-2H3,(H,18,19). The Morgan fingerprint density at radius 3 is 2.82 bits per heavy atom. The second-order valence-electron chi connectivity index (χ2n) is 6.51. The van der Waals surface area contributed by atoms with E-state index >= 15 is 0 Å². The van der Waals surface area contributed by atoms with Crippen LogP contribution in [0.25, 0.3) is 0 Å². The number of hydrogen-bond acceptors (Lipinski definition) is 4. The summed E-state index contributed by atoms with van der Waals surface area (Å²) in [5, 5.41) is 0. The number of aromatic amines is 1. The number of nitrogens with one attached hydrogen (secondary N) is 1. The third-order valence-electron chi connectivity index (χ3n) is 4.45. The lowest BCUT2D eigenvalue weighted by atomic mass is 9.96. The Morgan fingerprint density at radius 1 is 1.36 bits per heavy atom. The molecule has 0 unspecified atom stereocenters. The summed E-state index contributed by atoms with van der Waals surface area (Å²) in [6, 6.07) is 4.14. The molecule has 0 spiro atoms. The number of furan rings is 1. The lowest BCUT2D eigenvalue weighted by Gasteiger charge is -2.33. The lowest BCUT2D eigenvalue weighted by molar-refractivity contribution is 0.139. The van der Waals surface area contributed by atoms with Gasteiger partial charge in [0.15, 0.2) is 0 Å². The number of piperidine rings is 1. The van der Waals surface area contributed by atoms with Crippen LogP contribution in [0.15, 0.2) is 29.1 Å². The molecule has 22 heavy (non-hydrogen) atoms. The number of H-pyrrole nitrogens is 1. The van der Waals surface area contributed by atoms with Gasteiger partial charge in [0.05, 0.1) is 12.9 Å². The zero-order valence-corrected chi connectivity index (χ0v) is 13.6. The van der Waals surface area contributed by atoms with Crippen molar-refractivity contribution in [3.63, 3.8) is 0 Å². The highest BCUT2D eigenvalue weighted by atomic mass is 16.3. The zero-order valence-electron chi connectivity index (χ0n) is 13.6. The van der Waals surface area contributed by atoms with Crippen molar-refractivity contribution in [2.75, 3.05) is 26.7 Å². The fraction of sp³-hybridized carbons (Fsp3) is 0.588. The predicted molar refractivity (Wildman–Crippen MR) is 86.4 cm³/mol. The van der Waals surface area contributed by atoms with Gasteiger partial charge in [-0.1, -0.05) is 0 Å². The number of hydrogen-bond donors (Lipinski definition) is 1. The van der Waals surface area contributed by atoms with Gasteiger partial charge < -0.3 is 14.3 Å². The maximum atomic E-state index is 5.68. The molecule has 1 aliphatic rings. The van der Waals surface area contributed by atoms with Gasteiger partial charge >= 0.3 is 0 Å². The smallest absolute Gasteiger partial charge is 0.118 e. The van der Waals surface area contributed by atoms with Gasteiger partial charge in [-0.05, 0) is 58.0 Å². The van der Waals surface area contributed by atoms with Crippen LogP contribution in [0.2, 0.25) is 0 Å². The van der Waals surface area contributed by atoms with Crippen LogP contribution >= 0.6 is 0 Å². The minimum atomic E-state index is 0.794. The van der Waals surface area contributed by atoms with Crippen LogP contribution in [-0.4, -0.2) is 46.4 Å². The normalized spacial score (nSPS) is 17.4. The maximum Gasteiger partial charge on any atom is 0.118 e. The van der Waals surface area contributed by atoms with Crippen LogP contribution in [-0.2, 0) is 13.1 Å². The van der Waals surface area contributed by atoms with Crippen molar-refractivity contribution in [3.05, 3.63) is 41.9 Å². The van der Waals surface area contributed by atoms with Crippen LogP contribution < -0.4 is 0 Å². The minimum Gasteiger partial charge on any atom is -0.465 e. The SMILES string of the molecule is Cc1ccc(CN2CCC(CN(C)Cc3cnc[nH]3)CC2)o1. The van der Waals surface area contributed by atoms with Gasteiger partial charge in [-0.25, -0.2) is 4.98 Å². The molecule has 1 saturated heterocycles. The maximum absolute atomic E-state index is 5.68. The summed E-state index contributed by atoms with van der Waals surface area (Å²) in [5.74, 6) is 2.89. The van der Waals surface area contributed by atoms with E-state index in [1.165, 1.54) is 31.6 Å². The molecule has 0 amide bonds. The van der Waals surface area contributed by atoms with Crippen LogP contribution in [0.3, 0.4) is 0 Å². The minimum absolute atomic E-state index is 0.794. The second-order valence-corrected chi connectivity index (χ2v) is 6.51. The molecule has 2 aromatic heterocycles. The van der Waals surface area contributed by atoms with E-state index in [4.69, 9.17) is 4.42 Å². The first-order chi connectivity index (χ1) is 10.7. The predicted octanol–water partition coefficient (Wildman–Crippen LogP) is 2.66. The number of likely N-dealkylation sites (tertiary alicyclic amines) is 1. The summed E-state index contributed by atoms with van der Waals surface area (Å²) in [6.07, 6.45) is 6.20. The second kappa shape index (κ2) is 7.11. The van der Waals surface area contributed by atoms with Gasteiger partial charge in [-0.2, -0.15) is 0 Å². The first kappa shape index (κ1) is 15.3. The van der Waals surface area contributed by atoms with Crippen molar-refractivity contribution in [3.8, 4) is 0 Å². The summed E-state index contributed by atoms with van der Waals surface area (Å²) in [5.41, 5.74) is 1.19. The molecule has 3 rings (SSSR count). The largest absolute Gasteiger partial charge is 0.465 e. The molecule has 0 bridgehead atoms. The molecule has 5 nitrogen and oxygen atoms in total. The fourth-order valence-electron chi connectivity index (χ4n) is 3.28. The Hall–Kier alpha value is -1.59. The monoisotopic (exact) mass is 302 g/mol. The molecular weight excluding hydrogens is 276 g/mol. The molecular formula is C17H26N4O. The van der Waals surface area contributed by atoms with Crippen molar-refractivity contribution in [2.24, 2.45) is 5.92 Å². The number of imidazole rings is 1. The third-order valence-corrected chi connectivity index (χ3v) is 4.45. The van der Waals surface area contributed by atoms with Crippen molar-refractivity contribution in [2.45, 2.75) is 32.9 Å². The van der Waals surface area contributed by atoms with E-state index in [2.05, 4.69) is 32.9 Å². The molecule has 1 fully saturated rings. The molecule has 5 heteroatoms. The highest BCUT2D eigenvalue weighted by Crippen LogP contribution is 2.20. The van der Waals surface area contributed by atoms with E-state index in [1.807, 2.05) is 19.2 Å². The number of nitrogens with zero attached hydrogens (tertiary/aromatic N) is 3. The Bertz CT molecular complexity index is 555. The van der Waals surface area contributed by atoms with Crippen molar-refractivity contribution < 1.29 is 4.42 Å². The Balaban J connectivity index is 1.39. The summed E-state index contributed by atoms with van der Waals surface area (Å²) >= 11 is 0. The number of rotatable bonds is 6. The van der Waals surface area contributed by atoms with E-state index in [0.717, 1.165) is 37.1 Å². The molecule has 0 radical (unpaired) electrons. The molecule has 0 saturated carbocycles. The van der Waals surface area contributed by atoms with Gasteiger partial charge in [0, 0.05) is 25.0 Å². The van der Waals surface area contributed by atoms with E-state index in [9.17, 15) is 0 Å². The van der Waals surface area contributed by atoms with E-state index in [0.29, 0.717) is 0 Å². The molecule has 0 aromatic carbocycles. The van der Waals surface area contributed by atoms with E-state index in [1.54, 1.807) is 6.33 Å². The molecule has 3 heterocycles. The molecule has 0 atom stereocenters. The van der Waals surface area contributed by atoms with Crippen LogP contribution in [0.5, 0.6) is 0 Å². The van der Waals surface area contributed by atoms with E-state index in [-0.39, 0.29) is 0 Å². The van der Waals surface area contributed by atoms with Crippen LogP contribution in [0.1, 0.15) is 30.1 Å². The van der Waals surface area contributed by atoms with Crippen molar-refractivity contribution in [1.82, 2.24) is 19.8 Å². The summed E-state index contributed by atoms with van der Waals surface area (Å²) < 4.78 is 5.68. The Kier molecular flexibility index (Phi) is 4.95. The molecule has 1 N–H and O–H groups in total. The van der Waals surface area contributed by atoms with Gasteiger partial charge in [-0.3, -0.25) is 4.90 Å². The quantitative estimate of drug-likeness (QED) is 0.891. The lowest BCUT2D eigenvalue weighted by Crippen LogP contribution is -2.37. The first-order valence-electron chi connectivity index (χ1n) is 8.12. The van der Waals surface area contributed by atoms with E-state index < -0.39 is 0 Å². The molecule has 0 aliphatic carbocycles. The van der Waals surface area contributed by atoms with Crippen molar-refractivity contribution in [1.29, 1.82) is 0 Å². The summed E-state index contributed by atoms with van der Waals surface area (Å²) in [6.45, 7) is 7.40. The summed E-state index contributed by atoms with van der Waals surface area (Å²) in [4.78, 5) is 12.1. The Labute approximate surface area is 132 Å². The van der Waals surface area contributed by atoms with Crippen LogP contribution in [0.4, 0.5) is 0 Å². The highest BCUT2D eigenvalue weighted by molar-refractivity contribution is 5.05. The van der Waals surface area contributed by atoms with Gasteiger partial charge in [0.1, 0.15) is 11.5 Å². The summed E-state index contributed by atoms with van der Waals surface area (Å²) in [7, 11) is 2.19. The fourth-order valence-corrected chi connectivity index (χ4v) is 3.28.